The van der Waals surface area contributed by atoms with Crippen molar-refractivity contribution in [2.75, 3.05) is 6.54 Å². The van der Waals surface area contributed by atoms with Crippen LogP contribution in [-0.4, -0.2) is 23.4 Å². The van der Waals surface area contributed by atoms with E-state index in [1.165, 1.54) is 0 Å². The summed E-state index contributed by atoms with van der Waals surface area (Å²) in [5, 5.41) is 0. The lowest BCUT2D eigenvalue weighted by Gasteiger charge is -2.26. The zero-order valence-corrected chi connectivity index (χ0v) is 6.25. The van der Waals surface area contributed by atoms with Gasteiger partial charge in [-0.05, 0) is 19.8 Å². The normalized spacial score (nSPS) is 25.4. The number of carbonyl (C=O) groups excluding carboxylic acids is 2. The number of urea groups is 1. The van der Waals surface area contributed by atoms with Crippen LogP contribution in [0.5, 0.6) is 0 Å². The fraction of sp³-hybridized carbons (Fsp3) is 0.571. The lowest BCUT2D eigenvalue weighted by atomic mass is 10.00. The Bertz CT molecular complexity index is 191. The summed E-state index contributed by atoms with van der Waals surface area (Å²) in [6, 6.07) is -0.664. The standard InChI is InChI=1S/C7H11N2O2/c1-5-3-2-4-9(6(5)10)7(8)11/h5H,1-4H2,(H2,8,11)/t5-/m1/s1. The van der Waals surface area contributed by atoms with E-state index >= 15 is 0 Å². The van der Waals surface area contributed by atoms with Gasteiger partial charge in [0.25, 0.3) is 0 Å². The molecule has 61 valence electrons. The third-order valence-electron chi connectivity index (χ3n) is 1.82. The Kier molecular flexibility index (Phi) is 2.12. The van der Waals surface area contributed by atoms with Gasteiger partial charge in [-0.3, -0.25) is 9.69 Å². The molecule has 0 aromatic heterocycles. The van der Waals surface area contributed by atoms with E-state index in [-0.39, 0.29) is 11.8 Å². The summed E-state index contributed by atoms with van der Waals surface area (Å²) >= 11 is 0. The van der Waals surface area contributed by atoms with Crippen LogP contribution >= 0.6 is 0 Å². The Morgan fingerprint density at radius 1 is 1.73 bits per heavy atom. The topological polar surface area (TPSA) is 63.4 Å². The van der Waals surface area contributed by atoms with Crippen molar-refractivity contribution in [3.63, 3.8) is 0 Å². The molecule has 1 aliphatic rings. The van der Waals surface area contributed by atoms with Gasteiger partial charge in [-0.15, -0.1) is 0 Å². The number of primary amides is 1. The molecular formula is C7H11N2O2. The molecule has 11 heavy (non-hydrogen) atoms. The second-order valence-electron chi connectivity index (χ2n) is 2.67. The molecule has 0 aromatic carbocycles. The first kappa shape index (κ1) is 8.04. The second kappa shape index (κ2) is 2.90. The minimum absolute atomic E-state index is 0.247. The number of carbonyl (C=O) groups is 2. The summed E-state index contributed by atoms with van der Waals surface area (Å²) in [6.07, 6.45) is 1.56. The van der Waals surface area contributed by atoms with Crippen LogP contribution in [0.4, 0.5) is 4.79 Å². The number of likely N-dealkylation sites (tertiary alicyclic amines) is 1. The van der Waals surface area contributed by atoms with Crippen LogP contribution in [0.1, 0.15) is 12.8 Å². The van der Waals surface area contributed by atoms with Crippen LogP contribution in [-0.2, 0) is 4.79 Å². The van der Waals surface area contributed by atoms with Crippen molar-refractivity contribution < 1.29 is 9.59 Å². The van der Waals surface area contributed by atoms with E-state index in [1.54, 1.807) is 0 Å². The van der Waals surface area contributed by atoms with E-state index in [9.17, 15) is 9.59 Å². The van der Waals surface area contributed by atoms with E-state index in [2.05, 4.69) is 6.92 Å². The third kappa shape index (κ3) is 1.50. The van der Waals surface area contributed by atoms with E-state index < -0.39 is 6.03 Å². The first-order chi connectivity index (χ1) is 5.13. The molecule has 1 fully saturated rings. The number of rotatable bonds is 0. The Balaban J connectivity index is 2.66. The van der Waals surface area contributed by atoms with Crippen LogP contribution in [0.3, 0.4) is 0 Å². The van der Waals surface area contributed by atoms with Crippen LogP contribution in [0, 0.1) is 12.8 Å². The predicted octanol–water partition coefficient (Wildman–Crippen LogP) is 0.138. The van der Waals surface area contributed by atoms with Gasteiger partial charge in [0.1, 0.15) is 0 Å². The van der Waals surface area contributed by atoms with Crippen molar-refractivity contribution in [1.29, 1.82) is 0 Å². The van der Waals surface area contributed by atoms with E-state index in [0.717, 1.165) is 17.7 Å². The Morgan fingerprint density at radius 2 is 2.36 bits per heavy atom. The van der Waals surface area contributed by atoms with Crippen molar-refractivity contribution in [3.8, 4) is 0 Å². The van der Waals surface area contributed by atoms with Crippen molar-refractivity contribution in [2.24, 2.45) is 11.7 Å². The van der Waals surface area contributed by atoms with Gasteiger partial charge >= 0.3 is 6.03 Å². The van der Waals surface area contributed by atoms with E-state index in [4.69, 9.17) is 5.73 Å². The highest BCUT2D eigenvalue weighted by molar-refractivity contribution is 5.95. The summed E-state index contributed by atoms with van der Waals surface area (Å²) in [5.41, 5.74) is 4.96. The molecule has 0 saturated carbocycles. The molecule has 1 heterocycles. The molecule has 2 N–H and O–H groups in total. The number of nitrogens with zero attached hydrogens (tertiary/aromatic N) is 1. The van der Waals surface area contributed by atoms with Gasteiger partial charge in [-0.2, -0.15) is 0 Å². The van der Waals surface area contributed by atoms with Crippen LogP contribution in [0.2, 0.25) is 0 Å². The summed E-state index contributed by atoms with van der Waals surface area (Å²) in [4.78, 5) is 22.8. The van der Waals surface area contributed by atoms with E-state index in [0.29, 0.717) is 6.54 Å². The minimum Gasteiger partial charge on any atom is -0.351 e. The van der Waals surface area contributed by atoms with Crippen LogP contribution < -0.4 is 5.73 Å². The molecule has 1 atom stereocenters. The van der Waals surface area contributed by atoms with Crippen molar-refractivity contribution in [1.82, 2.24) is 4.90 Å². The number of hydrogen-bond donors (Lipinski definition) is 1. The molecule has 0 spiro atoms. The zero-order chi connectivity index (χ0) is 8.43. The maximum Gasteiger partial charge on any atom is 0.321 e. The SMILES string of the molecule is [CH2][C@@H]1CCCN(C(N)=O)C1=O. The first-order valence-corrected chi connectivity index (χ1v) is 3.57. The predicted molar refractivity (Wildman–Crippen MR) is 39.4 cm³/mol. The van der Waals surface area contributed by atoms with Crippen LogP contribution in [0.15, 0.2) is 0 Å². The van der Waals surface area contributed by atoms with Gasteiger partial charge in [0, 0.05) is 12.5 Å². The molecule has 1 saturated heterocycles. The monoisotopic (exact) mass is 155 g/mol. The van der Waals surface area contributed by atoms with Crippen molar-refractivity contribution in [2.45, 2.75) is 12.8 Å². The first-order valence-electron chi connectivity index (χ1n) is 3.57. The van der Waals surface area contributed by atoms with E-state index in [1.807, 2.05) is 0 Å². The maximum atomic E-state index is 11.1. The highest BCUT2D eigenvalue weighted by Crippen LogP contribution is 2.15. The van der Waals surface area contributed by atoms with Gasteiger partial charge in [0.05, 0.1) is 0 Å². The Hall–Kier alpha value is -1.06. The van der Waals surface area contributed by atoms with Gasteiger partial charge in [0.2, 0.25) is 5.91 Å². The molecule has 1 radical (unpaired) electrons. The summed E-state index contributed by atoms with van der Waals surface area (Å²) in [6.45, 7) is 4.06. The molecule has 0 bridgehead atoms. The maximum absolute atomic E-state index is 11.1. The highest BCUT2D eigenvalue weighted by atomic mass is 16.2. The summed E-state index contributed by atoms with van der Waals surface area (Å²) in [7, 11) is 0. The smallest absolute Gasteiger partial charge is 0.321 e. The second-order valence-corrected chi connectivity index (χ2v) is 2.67. The zero-order valence-electron chi connectivity index (χ0n) is 6.25. The molecule has 0 aliphatic carbocycles. The molecule has 0 aromatic rings. The lowest BCUT2D eigenvalue weighted by Crippen LogP contribution is -2.46. The minimum atomic E-state index is -0.664. The molecule has 4 heteroatoms. The summed E-state index contributed by atoms with van der Waals surface area (Å²) in [5.74, 6) is -0.542. The highest BCUT2D eigenvalue weighted by Gasteiger charge is 2.27. The fourth-order valence-corrected chi connectivity index (χ4v) is 1.17. The lowest BCUT2D eigenvalue weighted by molar-refractivity contribution is -0.133. The number of imide groups is 1. The molecule has 1 rings (SSSR count). The molecule has 3 amide bonds. The largest absolute Gasteiger partial charge is 0.351 e. The number of nitrogens with two attached hydrogens (primary N) is 1. The number of piperidine rings is 1. The van der Waals surface area contributed by atoms with Gasteiger partial charge in [-0.25, -0.2) is 4.79 Å². The number of amides is 3. The average Bonchev–Trinajstić information content (AvgIpc) is 1.94. The fourth-order valence-electron chi connectivity index (χ4n) is 1.17. The van der Waals surface area contributed by atoms with Crippen molar-refractivity contribution in [3.05, 3.63) is 6.92 Å². The Labute approximate surface area is 65.3 Å². The molecule has 1 aliphatic heterocycles. The molecule has 0 unspecified atom stereocenters. The van der Waals surface area contributed by atoms with Crippen molar-refractivity contribution >= 4 is 11.9 Å². The average molecular weight is 155 g/mol. The Morgan fingerprint density at radius 3 is 2.82 bits per heavy atom. The molecule has 4 nitrogen and oxygen atoms in total. The third-order valence-corrected chi connectivity index (χ3v) is 1.82. The van der Waals surface area contributed by atoms with Gasteiger partial charge in [0.15, 0.2) is 0 Å². The molecular weight excluding hydrogens is 144 g/mol. The van der Waals surface area contributed by atoms with Gasteiger partial charge < -0.3 is 5.73 Å². The van der Waals surface area contributed by atoms with Crippen LogP contribution in [0.25, 0.3) is 0 Å². The summed E-state index contributed by atoms with van der Waals surface area (Å²) < 4.78 is 0. The number of hydrogen-bond acceptors (Lipinski definition) is 2. The van der Waals surface area contributed by atoms with Gasteiger partial charge in [-0.1, -0.05) is 0 Å². The quantitative estimate of drug-likeness (QED) is 0.540.